The number of hydrogen-bond acceptors (Lipinski definition) is 3. The zero-order valence-electron chi connectivity index (χ0n) is 9.58. The Labute approximate surface area is 87.2 Å². The summed E-state index contributed by atoms with van der Waals surface area (Å²) < 4.78 is 11.1. The smallest absolute Gasteiger partial charge is 0.0784 e. The Balaban J connectivity index is 1.98. The zero-order chi connectivity index (χ0) is 10.4. The standard InChI is InChI=1S/C11H23NO2/c1-4-12-10-6-11(7-10)14-9(3)8-13-5-2/h9-12H,4-8H2,1-3H3. The summed E-state index contributed by atoms with van der Waals surface area (Å²) in [4.78, 5) is 0. The van der Waals surface area contributed by atoms with E-state index in [9.17, 15) is 0 Å². The lowest BCUT2D eigenvalue weighted by molar-refractivity contribution is -0.0844. The van der Waals surface area contributed by atoms with Crippen LogP contribution in [0, 0.1) is 0 Å². The van der Waals surface area contributed by atoms with Gasteiger partial charge in [0.2, 0.25) is 0 Å². The van der Waals surface area contributed by atoms with Crippen molar-refractivity contribution in [3.63, 3.8) is 0 Å². The Bertz CT molecular complexity index is 146. The van der Waals surface area contributed by atoms with Crippen LogP contribution in [0.1, 0.15) is 33.6 Å². The first-order valence-electron chi connectivity index (χ1n) is 5.72. The van der Waals surface area contributed by atoms with Crippen molar-refractivity contribution < 1.29 is 9.47 Å². The predicted octanol–water partition coefficient (Wildman–Crippen LogP) is 1.57. The summed E-state index contributed by atoms with van der Waals surface area (Å²) in [5, 5.41) is 3.42. The quantitative estimate of drug-likeness (QED) is 0.678. The molecule has 3 nitrogen and oxygen atoms in total. The molecule has 0 bridgehead atoms. The van der Waals surface area contributed by atoms with E-state index in [0.717, 1.165) is 32.6 Å². The highest BCUT2D eigenvalue weighted by atomic mass is 16.5. The van der Waals surface area contributed by atoms with Crippen molar-refractivity contribution in [3.05, 3.63) is 0 Å². The van der Waals surface area contributed by atoms with Crippen molar-refractivity contribution in [2.45, 2.75) is 51.9 Å². The average molecular weight is 201 g/mol. The van der Waals surface area contributed by atoms with Gasteiger partial charge in [0.05, 0.1) is 18.8 Å². The van der Waals surface area contributed by atoms with Crippen LogP contribution in [0.4, 0.5) is 0 Å². The highest BCUT2D eigenvalue weighted by Crippen LogP contribution is 2.24. The summed E-state index contributed by atoms with van der Waals surface area (Å²) in [6, 6.07) is 0.685. The van der Waals surface area contributed by atoms with Crippen LogP contribution in [-0.2, 0) is 9.47 Å². The van der Waals surface area contributed by atoms with E-state index in [1.807, 2.05) is 6.92 Å². The fourth-order valence-electron chi connectivity index (χ4n) is 1.78. The van der Waals surface area contributed by atoms with Crippen LogP contribution < -0.4 is 5.32 Å². The summed E-state index contributed by atoms with van der Waals surface area (Å²) in [7, 11) is 0. The van der Waals surface area contributed by atoms with Crippen LogP contribution in [0.15, 0.2) is 0 Å². The van der Waals surface area contributed by atoms with Crippen molar-refractivity contribution in [3.8, 4) is 0 Å². The minimum absolute atomic E-state index is 0.238. The number of ether oxygens (including phenoxy) is 2. The van der Waals surface area contributed by atoms with Gasteiger partial charge in [0.25, 0.3) is 0 Å². The molecule has 1 saturated carbocycles. The van der Waals surface area contributed by atoms with Crippen molar-refractivity contribution in [2.24, 2.45) is 0 Å². The zero-order valence-corrected chi connectivity index (χ0v) is 9.58. The summed E-state index contributed by atoms with van der Waals surface area (Å²) in [6.45, 7) is 8.79. The molecule has 84 valence electrons. The molecule has 1 aliphatic carbocycles. The first kappa shape index (κ1) is 12.0. The lowest BCUT2D eigenvalue weighted by atomic mass is 9.89. The maximum absolute atomic E-state index is 5.80. The van der Waals surface area contributed by atoms with E-state index in [0.29, 0.717) is 12.1 Å². The Morgan fingerprint density at radius 2 is 2.07 bits per heavy atom. The van der Waals surface area contributed by atoms with Crippen molar-refractivity contribution >= 4 is 0 Å². The van der Waals surface area contributed by atoms with Gasteiger partial charge in [-0.05, 0) is 33.2 Å². The van der Waals surface area contributed by atoms with E-state index in [4.69, 9.17) is 9.47 Å². The van der Waals surface area contributed by atoms with Crippen molar-refractivity contribution in [1.29, 1.82) is 0 Å². The van der Waals surface area contributed by atoms with E-state index in [1.165, 1.54) is 0 Å². The molecule has 0 aromatic rings. The lowest BCUT2D eigenvalue weighted by Gasteiger charge is -2.37. The molecule has 1 atom stereocenters. The largest absolute Gasteiger partial charge is 0.379 e. The Hall–Kier alpha value is -0.120. The molecule has 0 aliphatic heterocycles. The topological polar surface area (TPSA) is 30.5 Å². The molecule has 1 fully saturated rings. The minimum atomic E-state index is 0.238. The van der Waals surface area contributed by atoms with Crippen LogP contribution in [-0.4, -0.2) is 38.0 Å². The second kappa shape index (κ2) is 6.38. The fourth-order valence-corrected chi connectivity index (χ4v) is 1.78. The second-order valence-electron chi connectivity index (χ2n) is 3.95. The predicted molar refractivity (Wildman–Crippen MR) is 57.5 cm³/mol. The van der Waals surface area contributed by atoms with Crippen LogP contribution >= 0.6 is 0 Å². The molecule has 0 aromatic heterocycles. The van der Waals surface area contributed by atoms with Gasteiger partial charge in [-0.1, -0.05) is 6.92 Å². The molecule has 0 saturated heterocycles. The SMILES string of the molecule is CCNC1CC(OC(C)COCC)C1. The van der Waals surface area contributed by atoms with Crippen LogP contribution in [0.3, 0.4) is 0 Å². The minimum Gasteiger partial charge on any atom is -0.379 e. The van der Waals surface area contributed by atoms with Gasteiger partial charge in [-0.25, -0.2) is 0 Å². The summed E-state index contributed by atoms with van der Waals surface area (Å²) in [5.41, 5.74) is 0. The Morgan fingerprint density at radius 1 is 1.36 bits per heavy atom. The molecule has 3 heteroatoms. The Kier molecular flexibility index (Phi) is 5.45. The van der Waals surface area contributed by atoms with Gasteiger partial charge in [0, 0.05) is 12.6 Å². The third-order valence-corrected chi connectivity index (χ3v) is 2.57. The van der Waals surface area contributed by atoms with Crippen LogP contribution in [0.25, 0.3) is 0 Å². The molecule has 0 radical (unpaired) electrons. The van der Waals surface area contributed by atoms with Crippen molar-refractivity contribution in [2.75, 3.05) is 19.8 Å². The first-order chi connectivity index (χ1) is 6.76. The van der Waals surface area contributed by atoms with Gasteiger partial charge < -0.3 is 14.8 Å². The third-order valence-electron chi connectivity index (χ3n) is 2.57. The van der Waals surface area contributed by atoms with E-state index < -0.39 is 0 Å². The molecule has 1 aliphatic rings. The summed E-state index contributed by atoms with van der Waals surface area (Å²) in [5.74, 6) is 0. The number of rotatable bonds is 7. The maximum Gasteiger partial charge on any atom is 0.0784 e. The number of hydrogen-bond donors (Lipinski definition) is 1. The van der Waals surface area contributed by atoms with Gasteiger partial charge in [-0.2, -0.15) is 0 Å². The molecule has 1 N–H and O–H groups in total. The van der Waals surface area contributed by atoms with Gasteiger partial charge in [0.15, 0.2) is 0 Å². The second-order valence-corrected chi connectivity index (χ2v) is 3.95. The molecule has 0 amide bonds. The molecule has 0 aromatic carbocycles. The molecular formula is C11H23NO2. The lowest BCUT2D eigenvalue weighted by Crippen LogP contribution is -2.46. The average Bonchev–Trinajstić information content (AvgIpc) is 2.11. The highest BCUT2D eigenvalue weighted by molar-refractivity contribution is 4.86. The molecule has 1 rings (SSSR count). The molecule has 14 heavy (non-hydrogen) atoms. The first-order valence-corrected chi connectivity index (χ1v) is 5.72. The maximum atomic E-state index is 5.80. The van der Waals surface area contributed by atoms with E-state index in [1.54, 1.807) is 0 Å². The van der Waals surface area contributed by atoms with Gasteiger partial charge in [0.1, 0.15) is 0 Å². The van der Waals surface area contributed by atoms with E-state index in [-0.39, 0.29) is 6.10 Å². The van der Waals surface area contributed by atoms with Gasteiger partial charge in [-0.3, -0.25) is 0 Å². The molecule has 0 heterocycles. The monoisotopic (exact) mass is 201 g/mol. The van der Waals surface area contributed by atoms with E-state index in [2.05, 4.69) is 19.2 Å². The molecular weight excluding hydrogens is 178 g/mol. The highest BCUT2D eigenvalue weighted by Gasteiger charge is 2.30. The molecule has 0 spiro atoms. The van der Waals surface area contributed by atoms with E-state index >= 15 is 0 Å². The summed E-state index contributed by atoms with van der Waals surface area (Å²) >= 11 is 0. The Morgan fingerprint density at radius 3 is 2.64 bits per heavy atom. The summed E-state index contributed by atoms with van der Waals surface area (Å²) in [6.07, 6.45) is 3.01. The van der Waals surface area contributed by atoms with Gasteiger partial charge >= 0.3 is 0 Å². The van der Waals surface area contributed by atoms with Gasteiger partial charge in [-0.15, -0.1) is 0 Å². The number of nitrogens with one attached hydrogen (secondary N) is 1. The fraction of sp³-hybridized carbons (Fsp3) is 1.00. The normalized spacial score (nSPS) is 28.5. The van der Waals surface area contributed by atoms with Crippen LogP contribution in [0.2, 0.25) is 0 Å². The third kappa shape index (κ3) is 3.95. The van der Waals surface area contributed by atoms with Crippen molar-refractivity contribution in [1.82, 2.24) is 5.32 Å². The molecule has 1 unspecified atom stereocenters. The van der Waals surface area contributed by atoms with Crippen LogP contribution in [0.5, 0.6) is 0 Å².